The number of hydrogen-bond acceptors (Lipinski definition) is 3. The van der Waals surface area contributed by atoms with Gasteiger partial charge < -0.3 is 10.4 Å². The van der Waals surface area contributed by atoms with E-state index in [-0.39, 0.29) is 6.29 Å². The van der Waals surface area contributed by atoms with Crippen LogP contribution in [0.25, 0.3) is 0 Å². The number of amides is 1. The molecule has 1 rings (SSSR count). The van der Waals surface area contributed by atoms with Crippen molar-refractivity contribution in [3.8, 4) is 5.75 Å². The zero-order chi connectivity index (χ0) is 11.6. The number of hydrogen-bond donors (Lipinski definition) is 2. The molecule has 4 nitrogen and oxygen atoms in total. The second-order valence-corrected chi connectivity index (χ2v) is 2.78. The Morgan fingerprint density at radius 2 is 2.13 bits per heavy atom. The molecule has 6 heteroatoms. The normalized spacial score (nSPS) is 9.80. The van der Waals surface area contributed by atoms with Gasteiger partial charge >= 0.3 is 0 Å². The van der Waals surface area contributed by atoms with Gasteiger partial charge in [0.2, 0.25) is 5.91 Å². The van der Waals surface area contributed by atoms with E-state index in [0.717, 1.165) is 6.92 Å². The number of phenolic OH excluding ortho intramolecular Hbond substituents is 1. The van der Waals surface area contributed by atoms with Crippen molar-refractivity contribution in [2.24, 2.45) is 0 Å². The highest BCUT2D eigenvalue weighted by Crippen LogP contribution is 2.28. The number of carbonyl (C=O) groups excluding carboxylic acids is 2. The average Bonchev–Trinajstić information content (AvgIpc) is 2.12. The van der Waals surface area contributed by atoms with E-state index in [0.29, 0.717) is 6.07 Å². The lowest BCUT2D eigenvalue weighted by atomic mass is 10.1. The summed E-state index contributed by atoms with van der Waals surface area (Å²) >= 11 is 0. The van der Waals surface area contributed by atoms with Crippen LogP contribution in [0.5, 0.6) is 5.75 Å². The van der Waals surface area contributed by atoms with Gasteiger partial charge in [-0.05, 0) is 0 Å². The summed E-state index contributed by atoms with van der Waals surface area (Å²) in [6.45, 7) is 1.06. The second-order valence-electron chi connectivity index (χ2n) is 2.78. The molecule has 0 bridgehead atoms. The number of anilines is 1. The van der Waals surface area contributed by atoms with Crippen LogP contribution in [0.4, 0.5) is 14.5 Å². The Hall–Kier alpha value is -1.98. The SMILES string of the molecule is CC(=O)Nc1c(F)cc(O)c(C=O)c1F. The zero-order valence-corrected chi connectivity index (χ0v) is 7.67. The molecule has 1 amide bonds. The molecule has 1 aromatic carbocycles. The zero-order valence-electron chi connectivity index (χ0n) is 7.67. The minimum Gasteiger partial charge on any atom is -0.507 e. The van der Waals surface area contributed by atoms with E-state index >= 15 is 0 Å². The number of aromatic hydroxyl groups is 1. The number of phenols is 1. The van der Waals surface area contributed by atoms with Crippen molar-refractivity contribution in [1.82, 2.24) is 0 Å². The molecule has 80 valence electrons. The smallest absolute Gasteiger partial charge is 0.221 e. The fourth-order valence-electron chi connectivity index (χ4n) is 1.02. The monoisotopic (exact) mass is 215 g/mol. The minimum absolute atomic E-state index is 0.0371. The minimum atomic E-state index is -1.29. The van der Waals surface area contributed by atoms with E-state index in [1.165, 1.54) is 0 Å². The summed E-state index contributed by atoms with van der Waals surface area (Å²) in [5.74, 6) is -3.94. The molecule has 0 radical (unpaired) electrons. The van der Waals surface area contributed by atoms with Gasteiger partial charge in [-0.3, -0.25) is 9.59 Å². The quantitative estimate of drug-likeness (QED) is 0.579. The van der Waals surface area contributed by atoms with Gasteiger partial charge in [0.15, 0.2) is 17.9 Å². The Morgan fingerprint density at radius 3 is 2.60 bits per heavy atom. The van der Waals surface area contributed by atoms with Crippen molar-refractivity contribution in [2.75, 3.05) is 5.32 Å². The fraction of sp³-hybridized carbons (Fsp3) is 0.111. The fourth-order valence-corrected chi connectivity index (χ4v) is 1.02. The number of carbonyl (C=O) groups is 2. The molecular weight excluding hydrogens is 208 g/mol. The number of benzene rings is 1. The first-order valence-corrected chi connectivity index (χ1v) is 3.91. The molecule has 0 saturated heterocycles. The highest BCUT2D eigenvalue weighted by Gasteiger charge is 2.18. The van der Waals surface area contributed by atoms with E-state index in [1.807, 2.05) is 5.32 Å². The Morgan fingerprint density at radius 1 is 1.53 bits per heavy atom. The summed E-state index contributed by atoms with van der Waals surface area (Å²) in [5.41, 5.74) is -1.44. The number of nitrogens with one attached hydrogen (secondary N) is 1. The Labute approximate surface area is 83.5 Å². The van der Waals surface area contributed by atoms with Crippen LogP contribution < -0.4 is 5.32 Å². The van der Waals surface area contributed by atoms with Crippen molar-refractivity contribution >= 4 is 17.9 Å². The van der Waals surface area contributed by atoms with E-state index in [4.69, 9.17) is 5.11 Å². The van der Waals surface area contributed by atoms with Crippen LogP contribution in [0, 0.1) is 11.6 Å². The highest BCUT2D eigenvalue weighted by atomic mass is 19.1. The van der Waals surface area contributed by atoms with Crippen LogP contribution >= 0.6 is 0 Å². The van der Waals surface area contributed by atoms with Crippen LogP contribution in [-0.2, 0) is 4.79 Å². The van der Waals surface area contributed by atoms with Gasteiger partial charge in [0.1, 0.15) is 11.4 Å². The van der Waals surface area contributed by atoms with Crippen LogP contribution in [0.2, 0.25) is 0 Å². The third-order valence-corrected chi connectivity index (χ3v) is 1.65. The maximum atomic E-state index is 13.3. The van der Waals surface area contributed by atoms with Gasteiger partial charge in [-0.1, -0.05) is 0 Å². The lowest BCUT2D eigenvalue weighted by Crippen LogP contribution is -2.10. The van der Waals surface area contributed by atoms with Crippen molar-refractivity contribution in [3.05, 3.63) is 23.3 Å². The Kier molecular flexibility index (Phi) is 2.99. The Bertz CT molecular complexity index is 432. The molecule has 0 saturated carbocycles. The lowest BCUT2D eigenvalue weighted by Gasteiger charge is -2.08. The molecule has 0 aliphatic carbocycles. The summed E-state index contributed by atoms with van der Waals surface area (Å²) < 4.78 is 26.4. The van der Waals surface area contributed by atoms with Crippen molar-refractivity contribution in [1.29, 1.82) is 0 Å². The first kappa shape index (κ1) is 11.1. The van der Waals surface area contributed by atoms with Crippen LogP contribution in [0.3, 0.4) is 0 Å². The van der Waals surface area contributed by atoms with Gasteiger partial charge in [0.25, 0.3) is 0 Å². The van der Waals surface area contributed by atoms with Gasteiger partial charge in [0.05, 0.1) is 5.56 Å². The first-order chi connectivity index (χ1) is 6.97. The number of rotatable bonds is 2. The van der Waals surface area contributed by atoms with Gasteiger partial charge in [0, 0.05) is 13.0 Å². The molecule has 1 aromatic rings. The summed E-state index contributed by atoms with van der Waals surface area (Å²) in [5, 5.41) is 10.9. The van der Waals surface area contributed by atoms with Gasteiger partial charge in [-0.15, -0.1) is 0 Å². The molecule has 2 N–H and O–H groups in total. The summed E-state index contributed by atoms with van der Waals surface area (Å²) in [4.78, 5) is 21.0. The molecule has 15 heavy (non-hydrogen) atoms. The summed E-state index contributed by atoms with van der Waals surface area (Å²) in [6, 6.07) is 0.554. The largest absolute Gasteiger partial charge is 0.507 e. The van der Waals surface area contributed by atoms with Crippen LogP contribution in [0.1, 0.15) is 17.3 Å². The van der Waals surface area contributed by atoms with Crippen molar-refractivity contribution < 1.29 is 23.5 Å². The molecule has 0 aliphatic heterocycles. The molecule has 0 aromatic heterocycles. The third kappa shape index (κ3) is 2.09. The van der Waals surface area contributed by atoms with E-state index in [2.05, 4.69) is 0 Å². The van der Waals surface area contributed by atoms with Gasteiger partial charge in [-0.25, -0.2) is 8.78 Å². The third-order valence-electron chi connectivity index (χ3n) is 1.65. The van der Waals surface area contributed by atoms with Crippen molar-refractivity contribution in [2.45, 2.75) is 6.92 Å². The molecule has 0 atom stereocenters. The highest BCUT2D eigenvalue weighted by molar-refractivity contribution is 5.91. The Balaban J connectivity index is 3.38. The van der Waals surface area contributed by atoms with Crippen LogP contribution in [-0.4, -0.2) is 17.3 Å². The molecule has 0 fully saturated rings. The lowest BCUT2D eigenvalue weighted by molar-refractivity contribution is -0.114. The molecule has 0 unspecified atom stereocenters. The average molecular weight is 215 g/mol. The van der Waals surface area contributed by atoms with E-state index in [1.54, 1.807) is 0 Å². The van der Waals surface area contributed by atoms with Crippen molar-refractivity contribution in [3.63, 3.8) is 0 Å². The maximum absolute atomic E-state index is 13.3. The predicted octanol–water partition coefficient (Wildman–Crippen LogP) is 1.44. The van der Waals surface area contributed by atoms with E-state index in [9.17, 15) is 18.4 Å². The standard InChI is InChI=1S/C9H7F2NO3/c1-4(14)12-9-6(10)2-7(15)5(3-13)8(9)11/h2-3,15H,1H3,(H,12,14). The molecular formula is C9H7F2NO3. The summed E-state index contributed by atoms with van der Waals surface area (Å²) in [7, 11) is 0. The van der Waals surface area contributed by atoms with Gasteiger partial charge in [-0.2, -0.15) is 0 Å². The number of halogens is 2. The predicted molar refractivity (Wildman–Crippen MR) is 47.7 cm³/mol. The molecule has 0 aliphatic rings. The second kappa shape index (κ2) is 4.04. The van der Waals surface area contributed by atoms with Crippen LogP contribution in [0.15, 0.2) is 6.07 Å². The number of aldehydes is 1. The summed E-state index contributed by atoms with van der Waals surface area (Å²) in [6.07, 6.45) is 0.0371. The maximum Gasteiger partial charge on any atom is 0.221 e. The first-order valence-electron chi connectivity index (χ1n) is 3.91. The van der Waals surface area contributed by atoms with E-state index < -0.39 is 34.5 Å². The molecule has 0 heterocycles. The molecule has 0 spiro atoms. The topological polar surface area (TPSA) is 66.4 Å².